The van der Waals surface area contributed by atoms with Gasteiger partial charge in [0.15, 0.2) is 0 Å². The number of amides is 1. The minimum atomic E-state index is -3.51. The van der Waals surface area contributed by atoms with Crippen molar-refractivity contribution in [2.24, 2.45) is 0 Å². The lowest BCUT2D eigenvalue weighted by molar-refractivity contribution is -0.896. The molecule has 1 aromatic carbocycles. The van der Waals surface area contributed by atoms with Crippen LogP contribution in [0.5, 0.6) is 0 Å². The molecule has 2 rings (SSSR count). The molecule has 0 radical (unpaired) electrons. The number of hydrogen-bond acceptors (Lipinski definition) is 3. The zero-order chi connectivity index (χ0) is 19.0. The van der Waals surface area contributed by atoms with E-state index in [1.54, 1.807) is 18.2 Å². The van der Waals surface area contributed by atoms with Crippen molar-refractivity contribution in [2.75, 3.05) is 39.3 Å². The van der Waals surface area contributed by atoms with Crippen LogP contribution in [-0.2, 0) is 10.0 Å². The van der Waals surface area contributed by atoms with Crippen molar-refractivity contribution in [3.63, 3.8) is 0 Å². The summed E-state index contributed by atoms with van der Waals surface area (Å²) in [5.74, 6) is -0.213. The van der Waals surface area contributed by atoms with E-state index in [2.05, 4.69) is 19.2 Å². The predicted molar refractivity (Wildman–Crippen MR) is 103 cm³/mol. The zero-order valence-corrected chi connectivity index (χ0v) is 16.8. The molecule has 1 aliphatic heterocycles. The Morgan fingerprint density at radius 3 is 2.50 bits per heavy atom. The van der Waals surface area contributed by atoms with Crippen molar-refractivity contribution in [1.82, 2.24) is 9.62 Å². The Labute approximate surface area is 157 Å². The van der Waals surface area contributed by atoms with E-state index in [9.17, 15) is 13.2 Å². The predicted octanol–water partition coefficient (Wildman–Crippen LogP) is 0.906. The molecule has 26 heavy (non-hydrogen) atoms. The van der Waals surface area contributed by atoms with Gasteiger partial charge in [0, 0.05) is 31.6 Å². The molecule has 146 valence electrons. The molecule has 1 aromatic rings. The van der Waals surface area contributed by atoms with Gasteiger partial charge in [0.2, 0.25) is 10.0 Å². The minimum absolute atomic E-state index is 0.208. The Balaban J connectivity index is 1.96. The number of nitrogens with one attached hydrogen (secondary N) is 2. The Morgan fingerprint density at radius 2 is 1.85 bits per heavy atom. The molecule has 1 heterocycles. The molecule has 6 nitrogen and oxygen atoms in total. The summed E-state index contributed by atoms with van der Waals surface area (Å²) in [5.41, 5.74) is 0.401. The van der Waals surface area contributed by atoms with E-state index in [0.29, 0.717) is 25.2 Å². The van der Waals surface area contributed by atoms with Crippen molar-refractivity contribution in [3.8, 4) is 0 Å². The molecule has 2 N–H and O–H groups in total. The second kappa shape index (κ2) is 10.0. The monoisotopic (exact) mass is 382 g/mol. The van der Waals surface area contributed by atoms with E-state index >= 15 is 0 Å². The van der Waals surface area contributed by atoms with Crippen LogP contribution in [0.1, 0.15) is 49.9 Å². The maximum Gasteiger partial charge on any atom is 0.251 e. The molecule has 0 atom stereocenters. The Bertz CT molecular complexity index is 681. The van der Waals surface area contributed by atoms with Gasteiger partial charge in [-0.15, -0.1) is 0 Å². The van der Waals surface area contributed by atoms with Gasteiger partial charge in [-0.1, -0.05) is 12.5 Å². The SMILES string of the molecule is CC[NH+](CC)CCCNC(=O)c1cccc(S(=O)(=O)N2CCCCC2)c1. The number of carbonyl (C=O) groups is 1. The smallest absolute Gasteiger partial charge is 0.251 e. The first-order chi connectivity index (χ1) is 12.5. The molecule has 1 amide bonds. The molecule has 0 aromatic heterocycles. The summed E-state index contributed by atoms with van der Waals surface area (Å²) in [4.78, 5) is 14.1. The van der Waals surface area contributed by atoms with Crippen LogP contribution in [0.15, 0.2) is 29.2 Å². The number of nitrogens with zero attached hydrogens (tertiary/aromatic N) is 1. The summed E-state index contributed by atoms with van der Waals surface area (Å²) in [7, 11) is -3.51. The van der Waals surface area contributed by atoms with Crippen molar-refractivity contribution in [1.29, 1.82) is 0 Å². The average Bonchev–Trinajstić information content (AvgIpc) is 2.68. The van der Waals surface area contributed by atoms with Gasteiger partial charge in [0.25, 0.3) is 5.91 Å². The highest BCUT2D eigenvalue weighted by Crippen LogP contribution is 2.21. The maximum atomic E-state index is 12.8. The van der Waals surface area contributed by atoms with Crippen LogP contribution in [-0.4, -0.2) is 57.9 Å². The summed E-state index contributed by atoms with van der Waals surface area (Å²) < 4.78 is 27.0. The number of sulfonamides is 1. The van der Waals surface area contributed by atoms with Crippen molar-refractivity contribution >= 4 is 15.9 Å². The largest absolute Gasteiger partial charge is 0.352 e. The van der Waals surface area contributed by atoms with Gasteiger partial charge in [-0.3, -0.25) is 4.79 Å². The summed E-state index contributed by atoms with van der Waals surface area (Å²) in [5, 5.41) is 2.90. The van der Waals surface area contributed by atoms with Crippen molar-refractivity contribution in [2.45, 2.75) is 44.4 Å². The molecule has 0 unspecified atom stereocenters. The van der Waals surface area contributed by atoms with Gasteiger partial charge < -0.3 is 10.2 Å². The van der Waals surface area contributed by atoms with Crippen LogP contribution in [0.2, 0.25) is 0 Å². The lowest BCUT2D eigenvalue weighted by Gasteiger charge is -2.26. The minimum Gasteiger partial charge on any atom is -0.352 e. The van der Waals surface area contributed by atoms with Crippen LogP contribution < -0.4 is 10.2 Å². The molecular formula is C19H32N3O3S+. The van der Waals surface area contributed by atoms with Crippen LogP contribution in [0.4, 0.5) is 0 Å². The van der Waals surface area contributed by atoms with E-state index in [1.807, 2.05) is 0 Å². The van der Waals surface area contributed by atoms with E-state index < -0.39 is 10.0 Å². The molecule has 0 saturated carbocycles. The Hall–Kier alpha value is -1.44. The van der Waals surface area contributed by atoms with E-state index in [1.165, 1.54) is 15.3 Å². The number of quaternary nitrogens is 1. The third-order valence-electron chi connectivity index (χ3n) is 5.04. The second-order valence-corrected chi connectivity index (χ2v) is 8.75. The molecule has 0 aliphatic carbocycles. The fourth-order valence-corrected chi connectivity index (χ4v) is 4.86. The molecule has 1 saturated heterocycles. The second-order valence-electron chi connectivity index (χ2n) is 6.81. The highest BCUT2D eigenvalue weighted by molar-refractivity contribution is 7.89. The Kier molecular flexibility index (Phi) is 8.06. The van der Waals surface area contributed by atoms with E-state index in [0.717, 1.165) is 45.3 Å². The lowest BCUT2D eigenvalue weighted by atomic mass is 10.2. The maximum absolute atomic E-state index is 12.8. The lowest BCUT2D eigenvalue weighted by Crippen LogP contribution is -3.11. The molecule has 7 heteroatoms. The van der Waals surface area contributed by atoms with Gasteiger partial charge in [-0.2, -0.15) is 4.31 Å². The number of carbonyl (C=O) groups excluding carboxylic acids is 1. The molecule has 0 bridgehead atoms. The molecule has 1 fully saturated rings. The van der Waals surface area contributed by atoms with Crippen molar-refractivity contribution < 1.29 is 18.1 Å². The fraction of sp³-hybridized carbons (Fsp3) is 0.632. The first-order valence-electron chi connectivity index (χ1n) is 9.71. The fourth-order valence-electron chi connectivity index (χ4n) is 3.30. The van der Waals surface area contributed by atoms with Crippen LogP contribution in [0.25, 0.3) is 0 Å². The molecular weight excluding hydrogens is 350 g/mol. The molecule has 1 aliphatic rings. The summed E-state index contributed by atoms with van der Waals surface area (Å²) in [6.45, 7) is 9.24. The summed E-state index contributed by atoms with van der Waals surface area (Å²) in [6, 6.07) is 6.38. The number of piperidine rings is 1. The highest BCUT2D eigenvalue weighted by Gasteiger charge is 2.26. The van der Waals surface area contributed by atoms with Crippen LogP contribution >= 0.6 is 0 Å². The highest BCUT2D eigenvalue weighted by atomic mass is 32.2. The molecule has 0 spiro atoms. The van der Waals surface area contributed by atoms with Crippen LogP contribution in [0.3, 0.4) is 0 Å². The van der Waals surface area contributed by atoms with Gasteiger partial charge in [-0.25, -0.2) is 8.42 Å². The standard InChI is InChI=1S/C19H31N3O3S/c1-3-21(4-2)13-9-12-20-19(23)17-10-8-11-18(16-17)26(24,25)22-14-6-5-7-15-22/h8,10-11,16H,3-7,9,12-15H2,1-2H3,(H,20,23)/p+1. The number of hydrogen-bond donors (Lipinski definition) is 2. The van der Waals surface area contributed by atoms with Crippen LogP contribution in [0, 0.1) is 0 Å². The number of rotatable bonds is 9. The first kappa shape index (κ1) is 20.9. The van der Waals surface area contributed by atoms with Crippen molar-refractivity contribution in [3.05, 3.63) is 29.8 Å². The normalized spacial score (nSPS) is 16.0. The van der Waals surface area contributed by atoms with E-state index in [4.69, 9.17) is 0 Å². The average molecular weight is 383 g/mol. The quantitative estimate of drug-likeness (QED) is 0.624. The number of benzene rings is 1. The van der Waals surface area contributed by atoms with Gasteiger partial charge in [0.05, 0.1) is 24.5 Å². The van der Waals surface area contributed by atoms with Gasteiger partial charge >= 0.3 is 0 Å². The summed E-state index contributed by atoms with van der Waals surface area (Å²) in [6.07, 6.45) is 3.78. The van der Waals surface area contributed by atoms with Gasteiger partial charge in [0.1, 0.15) is 0 Å². The third-order valence-corrected chi connectivity index (χ3v) is 6.94. The Morgan fingerprint density at radius 1 is 1.15 bits per heavy atom. The first-order valence-corrected chi connectivity index (χ1v) is 11.1. The topological polar surface area (TPSA) is 70.9 Å². The zero-order valence-electron chi connectivity index (χ0n) is 16.0. The van der Waals surface area contributed by atoms with Gasteiger partial charge in [-0.05, 0) is 44.9 Å². The summed E-state index contributed by atoms with van der Waals surface area (Å²) >= 11 is 0. The van der Waals surface area contributed by atoms with E-state index in [-0.39, 0.29) is 10.8 Å². The third kappa shape index (κ3) is 5.53.